The molecule has 2 heteroatoms. The Kier molecular flexibility index (Phi) is 11.6. The van der Waals surface area contributed by atoms with Gasteiger partial charge in [-0.05, 0) is 31.2 Å². The minimum absolute atomic E-state index is 0.0765. The highest BCUT2D eigenvalue weighted by atomic mass is 16.5. The smallest absolute Gasteiger partial charge is 0.159 e. The van der Waals surface area contributed by atoms with Gasteiger partial charge in [-0.1, -0.05) is 27.7 Å². The van der Waals surface area contributed by atoms with E-state index in [1.807, 2.05) is 27.7 Å². The highest BCUT2D eigenvalue weighted by molar-refractivity contribution is 5.94. The van der Waals surface area contributed by atoms with Crippen molar-refractivity contribution in [1.82, 2.24) is 0 Å². The Morgan fingerprint density at radius 2 is 1.40 bits per heavy atom. The first-order valence-corrected chi connectivity index (χ1v) is 5.39. The number of carbonyl (C=O) groups excluding carboxylic acids is 1. The molecule has 0 aliphatic rings. The summed E-state index contributed by atoms with van der Waals surface area (Å²) < 4.78 is 4.94. The quantitative estimate of drug-likeness (QED) is 0.691. The molecule has 0 aliphatic carbocycles. The van der Waals surface area contributed by atoms with Gasteiger partial charge in [0.2, 0.25) is 0 Å². The maximum absolute atomic E-state index is 10.8. The summed E-state index contributed by atoms with van der Waals surface area (Å²) in [7, 11) is 1.60. The fourth-order valence-electron chi connectivity index (χ4n) is 0.826. The molecule has 0 radical (unpaired) electrons. The van der Waals surface area contributed by atoms with Crippen LogP contribution in [0.25, 0.3) is 0 Å². The summed E-state index contributed by atoms with van der Waals surface area (Å²) in [5.41, 5.74) is 0.714. The maximum Gasteiger partial charge on any atom is 0.159 e. The van der Waals surface area contributed by atoms with Crippen molar-refractivity contribution in [2.45, 2.75) is 34.6 Å². The molecule has 1 rings (SSSR count). The Balaban J connectivity index is 0. The lowest BCUT2D eigenvalue weighted by molar-refractivity contribution is 0.101. The van der Waals surface area contributed by atoms with Gasteiger partial charge in [0.15, 0.2) is 5.78 Å². The van der Waals surface area contributed by atoms with Crippen molar-refractivity contribution < 1.29 is 9.53 Å². The van der Waals surface area contributed by atoms with Crippen LogP contribution < -0.4 is 4.74 Å². The third-order valence-corrected chi connectivity index (χ3v) is 1.50. The topological polar surface area (TPSA) is 26.3 Å². The van der Waals surface area contributed by atoms with Gasteiger partial charge in [-0.15, -0.1) is 0 Å². The van der Waals surface area contributed by atoms with Crippen LogP contribution in [0.5, 0.6) is 5.75 Å². The van der Waals surface area contributed by atoms with Gasteiger partial charge in [-0.3, -0.25) is 4.79 Å². The number of Topliss-reactive ketones (excluding diaryl/α,β-unsaturated/α-hetero) is 1. The molecule has 0 saturated carbocycles. The van der Waals surface area contributed by atoms with Gasteiger partial charge in [0, 0.05) is 5.56 Å². The Labute approximate surface area is 93.3 Å². The van der Waals surface area contributed by atoms with Crippen LogP contribution in [0.2, 0.25) is 0 Å². The zero-order valence-electron chi connectivity index (χ0n) is 10.6. The zero-order valence-corrected chi connectivity index (χ0v) is 10.6. The second-order valence-corrected chi connectivity index (χ2v) is 2.28. The summed E-state index contributed by atoms with van der Waals surface area (Å²) in [5.74, 6) is 0.850. The lowest BCUT2D eigenvalue weighted by Crippen LogP contribution is -1.91. The molecule has 2 nitrogen and oxygen atoms in total. The van der Waals surface area contributed by atoms with E-state index in [1.54, 1.807) is 38.3 Å². The van der Waals surface area contributed by atoms with E-state index in [9.17, 15) is 4.79 Å². The molecule has 0 fully saturated rings. The Bertz CT molecular complexity index is 250. The average Bonchev–Trinajstić information content (AvgIpc) is 2.34. The highest BCUT2D eigenvalue weighted by Crippen LogP contribution is 2.11. The molecule has 1 aromatic carbocycles. The summed E-state index contributed by atoms with van der Waals surface area (Å²) in [4.78, 5) is 10.8. The first-order chi connectivity index (χ1) is 7.24. The van der Waals surface area contributed by atoms with E-state index in [-0.39, 0.29) is 5.78 Å². The Hall–Kier alpha value is -1.31. The second-order valence-electron chi connectivity index (χ2n) is 2.28. The van der Waals surface area contributed by atoms with Crippen molar-refractivity contribution in [3.05, 3.63) is 29.8 Å². The van der Waals surface area contributed by atoms with E-state index >= 15 is 0 Å². The molecule has 0 heterocycles. The van der Waals surface area contributed by atoms with Gasteiger partial charge in [0.05, 0.1) is 7.11 Å². The van der Waals surface area contributed by atoms with Gasteiger partial charge in [0.1, 0.15) is 5.75 Å². The second kappa shape index (κ2) is 10.8. The van der Waals surface area contributed by atoms with Crippen molar-refractivity contribution in [3.8, 4) is 5.75 Å². The van der Waals surface area contributed by atoms with Crippen LogP contribution in [-0.2, 0) is 0 Å². The van der Waals surface area contributed by atoms with E-state index in [4.69, 9.17) is 4.74 Å². The molecule has 0 bridgehead atoms. The van der Waals surface area contributed by atoms with E-state index in [2.05, 4.69) is 0 Å². The van der Waals surface area contributed by atoms with Crippen molar-refractivity contribution in [3.63, 3.8) is 0 Å². The molecule has 0 N–H and O–H groups in total. The third-order valence-electron chi connectivity index (χ3n) is 1.50. The molecule has 0 aromatic heterocycles. The standard InChI is InChI=1S/C9H10O2.2C2H6/c1-7(10)8-3-5-9(11-2)6-4-8;2*1-2/h3-6H,1-2H3;2*1-2H3. The lowest BCUT2D eigenvalue weighted by Gasteiger charge is -1.98. The number of rotatable bonds is 2. The number of hydrogen-bond donors (Lipinski definition) is 0. The Morgan fingerprint density at radius 1 is 1.00 bits per heavy atom. The summed E-state index contributed by atoms with van der Waals surface area (Å²) in [6.07, 6.45) is 0. The maximum atomic E-state index is 10.8. The molecule has 0 amide bonds. The minimum atomic E-state index is 0.0765. The van der Waals surface area contributed by atoms with Crippen molar-refractivity contribution in [2.24, 2.45) is 0 Å². The number of ether oxygens (including phenoxy) is 1. The molecule has 1 aromatic rings. The van der Waals surface area contributed by atoms with Crippen molar-refractivity contribution in [1.29, 1.82) is 0 Å². The predicted molar refractivity (Wildman–Crippen MR) is 65.7 cm³/mol. The summed E-state index contributed by atoms with van der Waals surface area (Å²) in [5, 5.41) is 0. The molecule has 0 unspecified atom stereocenters. The normalized spacial score (nSPS) is 7.60. The highest BCUT2D eigenvalue weighted by Gasteiger charge is 1.97. The molecule has 0 atom stereocenters. The van der Waals surface area contributed by atoms with Gasteiger partial charge in [0.25, 0.3) is 0 Å². The third kappa shape index (κ3) is 6.72. The van der Waals surface area contributed by atoms with Crippen molar-refractivity contribution in [2.75, 3.05) is 7.11 Å². The summed E-state index contributed by atoms with van der Waals surface area (Å²) in [6, 6.07) is 7.05. The number of methoxy groups -OCH3 is 1. The summed E-state index contributed by atoms with van der Waals surface area (Å²) in [6.45, 7) is 9.54. The molecule has 0 spiro atoms. The monoisotopic (exact) mass is 210 g/mol. The van der Waals surface area contributed by atoms with Gasteiger partial charge in [-0.2, -0.15) is 0 Å². The average molecular weight is 210 g/mol. The first kappa shape index (κ1) is 16.1. The molecular weight excluding hydrogens is 188 g/mol. The Morgan fingerprint density at radius 3 is 1.67 bits per heavy atom. The van der Waals surface area contributed by atoms with E-state index in [0.717, 1.165) is 5.75 Å². The van der Waals surface area contributed by atoms with Crippen LogP contribution in [-0.4, -0.2) is 12.9 Å². The van der Waals surface area contributed by atoms with E-state index in [1.165, 1.54) is 0 Å². The largest absolute Gasteiger partial charge is 0.497 e. The zero-order chi connectivity index (χ0) is 12.3. The lowest BCUT2D eigenvalue weighted by atomic mass is 10.1. The number of hydrogen-bond acceptors (Lipinski definition) is 2. The van der Waals surface area contributed by atoms with Crippen LogP contribution >= 0.6 is 0 Å². The number of benzene rings is 1. The molecular formula is C13H22O2. The molecule has 86 valence electrons. The fraction of sp³-hybridized carbons (Fsp3) is 0.462. The van der Waals surface area contributed by atoms with Crippen LogP contribution in [0.3, 0.4) is 0 Å². The van der Waals surface area contributed by atoms with Gasteiger partial charge in [-0.25, -0.2) is 0 Å². The number of carbonyl (C=O) groups is 1. The minimum Gasteiger partial charge on any atom is -0.497 e. The molecule has 0 aliphatic heterocycles. The SMILES string of the molecule is CC.CC.COc1ccc(C(C)=O)cc1. The van der Waals surface area contributed by atoms with E-state index < -0.39 is 0 Å². The van der Waals surface area contributed by atoms with Gasteiger partial charge >= 0.3 is 0 Å². The number of ketones is 1. The fourth-order valence-corrected chi connectivity index (χ4v) is 0.826. The van der Waals surface area contributed by atoms with Crippen LogP contribution in [0.15, 0.2) is 24.3 Å². The summed E-state index contributed by atoms with van der Waals surface area (Å²) >= 11 is 0. The van der Waals surface area contributed by atoms with Gasteiger partial charge < -0.3 is 4.74 Å². The molecule has 15 heavy (non-hydrogen) atoms. The van der Waals surface area contributed by atoms with E-state index in [0.29, 0.717) is 5.56 Å². The van der Waals surface area contributed by atoms with Crippen LogP contribution in [0, 0.1) is 0 Å². The van der Waals surface area contributed by atoms with Crippen LogP contribution in [0.1, 0.15) is 45.0 Å². The van der Waals surface area contributed by atoms with Crippen LogP contribution in [0.4, 0.5) is 0 Å². The van der Waals surface area contributed by atoms with Crippen molar-refractivity contribution >= 4 is 5.78 Å². The molecule has 0 saturated heterocycles. The first-order valence-electron chi connectivity index (χ1n) is 5.39. The predicted octanol–water partition coefficient (Wildman–Crippen LogP) is 3.95.